The zero-order valence-corrected chi connectivity index (χ0v) is 11.7. The van der Waals surface area contributed by atoms with Gasteiger partial charge in [-0.1, -0.05) is 0 Å². The lowest BCUT2D eigenvalue weighted by Gasteiger charge is -2.29. The average molecular weight is 287 g/mol. The van der Waals surface area contributed by atoms with Crippen LogP contribution in [-0.4, -0.2) is 36.7 Å². The number of alkyl halides is 1. The highest BCUT2D eigenvalue weighted by atomic mass is 35.5. The molecule has 2 N–H and O–H groups in total. The number of nitrogens with zero attached hydrogens (tertiary/aromatic N) is 1. The third-order valence-electron chi connectivity index (χ3n) is 3.36. The van der Waals surface area contributed by atoms with Gasteiger partial charge in [0.2, 0.25) is 0 Å². The molecule has 0 saturated carbocycles. The minimum Gasteiger partial charge on any atom is -0.390 e. The Morgan fingerprint density at radius 2 is 2.05 bits per heavy atom. The first-order valence-corrected chi connectivity index (χ1v) is 7.26. The van der Waals surface area contributed by atoms with Crippen molar-refractivity contribution in [1.29, 1.82) is 0 Å². The number of hydrogen-bond acceptors (Lipinski definition) is 3. The molecule has 1 atom stereocenters. The van der Waals surface area contributed by atoms with Gasteiger partial charge in [0.1, 0.15) is 5.82 Å². The Morgan fingerprint density at radius 1 is 1.32 bits per heavy atom. The number of halogens is 2. The average Bonchev–Trinajstić information content (AvgIpc) is 2.45. The van der Waals surface area contributed by atoms with Crippen LogP contribution in [0, 0.1) is 5.82 Å². The summed E-state index contributed by atoms with van der Waals surface area (Å²) >= 11 is 5.51. The van der Waals surface area contributed by atoms with E-state index >= 15 is 0 Å². The minimum absolute atomic E-state index is 0.168. The number of anilines is 2. The van der Waals surface area contributed by atoms with Crippen molar-refractivity contribution in [2.75, 3.05) is 35.7 Å². The van der Waals surface area contributed by atoms with Gasteiger partial charge in [-0.3, -0.25) is 0 Å². The molecule has 0 aromatic heterocycles. The summed E-state index contributed by atoms with van der Waals surface area (Å²) in [5, 5.41) is 12.3. The highest BCUT2D eigenvalue weighted by Crippen LogP contribution is 2.25. The number of aliphatic hydroxyl groups is 1. The van der Waals surface area contributed by atoms with Crippen LogP contribution in [0.4, 0.5) is 15.8 Å². The molecular weight excluding hydrogens is 267 g/mol. The van der Waals surface area contributed by atoms with E-state index in [1.807, 2.05) is 6.07 Å². The number of aliphatic hydroxyl groups excluding tert-OH is 1. The molecule has 0 spiro atoms. The minimum atomic E-state index is -0.619. The van der Waals surface area contributed by atoms with Gasteiger partial charge < -0.3 is 15.3 Å². The summed E-state index contributed by atoms with van der Waals surface area (Å²) < 4.78 is 14.1. The molecule has 1 aromatic rings. The molecule has 1 aromatic carbocycles. The molecule has 1 unspecified atom stereocenters. The first kappa shape index (κ1) is 14.4. The second-order valence-electron chi connectivity index (χ2n) is 4.90. The maximum absolute atomic E-state index is 14.1. The van der Waals surface area contributed by atoms with Gasteiger partial charge in [-0.15, -0.1) is 11.6 Å². The Hall–Kier alpha value is -1.00. The van der Waals surface area contributed by atoms with Crippen molar-refractivity contribution in [1.82, 2.24) is 0 Å². The Kier molecular flexibility index (Phi) is 5.28. The molecule has 5 heteroatoms. The Labute approximate surface area is 118 Å². The van der Waals surface area contributed by atoms with E-state index in [1.165, 1.54) is 12.5 Å². The van der Waals surface area contributed by atoms with Crippen molar-refractivity contribution in [3.8, 4) is 0 Å². The monoisotopic (exact) mass is 286 g/mol. The van der Waals surface area contributed by atoms with Gasteiger partial charge in [0, 0.05) is 25.3 Å². The molecule has 1 aliphatic rings. The molecule has 0 radical (unpaired) electrons. The SMILES string of the molecule is OC(CCl)CNc1ccc(N2CCCCC2)c(F)c1. The van der Waals surface area contributed by atoms with Gasteiger partial charge in [-0.2, -0.15) is 0 Å². The fourth-order valence-corrected chi connectivity index (χ4v) is 2.41. The van der Waals surface area contributed by atoms with E-state index in [1.54, 1.807) is 6.07 Å². The van der Waals surface area contributed by atoms with Crippen molar-refractivity contribution in [3.05, 3.63) is 24.0 Å². The summed E-state index contributed by atoms with van der Waals surface area (Å²) in [6.07, 6.45) is 2.86. The molecule has 3 nitrogen and oxygen atoms in total. The highest BCUT2D eigenvalue weighted by Gasteiger charge is 2.15. The second-order valence-corrected chi connectivity index (χ2v) is 5.21. The first-order chi connectivity index (χ1) is 9.20. The maximum atomic E-state index is 14.1. The van der Waals surface area contributed by atoms with Crippen molar-refractivity contribution in [2.24, 2.45) is 0 Å². The van der Waals surface area contributed by atoms with E-state index in [9.17, 15) is 9.50 Å². The third kappa shape index (κ3) is 3.98. The van der Waals surface area contributed by atoms with Crippen LogP contribution in [0.3, 0.4) is 0 Å². The van der Waals surface area contributed by atoms with Gasteiger partial charge >= 0.3 is 0 Å². The lowest BCUT2D eigenvalue weighted by atomic mass is 10.1. The molecule has 1 heterocycles. The van der Waals surface area contributed by atoms with Crippen molar-refractivity contribution < 1.29 is 9.50 Å². The van der Waals surface area contributed by atoms with Crippen LogP contribution in [0.25, 0.3) is 0 Å². The van der Waals surface area contributed by atoms with Crippen LogP contribution in [0.1, 0.15) is 19.3 Å². The fraction of sp³-hybridized carbons (Fsp3) is 0.571. The predicted molar refractivity (Wildman–Crippen MR) is 77.7 cm³/mol. The van der Waals surface area contributed by atoms with Crippen LogP contribution < -0.4 is 10.2 Å². The summed E-state index contributed by atoms with van der Waals surface area (Å²) in [5.74, 6) is -0.0475. The predicted octanol–water partition coefficient (Wildman–Crippen LogP) is 2.83. The van der Waals surface area contributed by atoms with Gasteiger partial charge in [-0.05, 0) is 37.5 Å². The zero-order chi connectivity index (χ0) is 13.7. The molecule has 0 amide bonds. The molecule has 0 aliphatic carbocycles. The molecule has 106 valence electrons. The number of rotatable bonds is 5. The van der Waals surface area contributed by atoms with Crippen molar-refractivity contribution >= 4 is 23.0 Å². The first-order valence-electron chi connectivity index (χ1n) is 6.73. The van der Waals surface area contributed by atoms with Gasteiger partial charge in [0.25, 0.3) is 0 Å². The van der Waals surface area contributed by atoms with Gasteiger partial charge in [-0.25, -0.2) is 4.39 Å². The summed E-state index contributed by atoms with van der Waals surface area (Å²) in [4.78, 5) is 2.09. The lowest BCUT2D eigenvalue weighted by Crippen LogP contribution is -2.30. The van der Waals surface area contributed by atoms with E-state index in [2.05, 4.69) is 10.2 Å². The van der Waals surface area contributed by atoms with Crippen LogP contribution >= 0.6 is 11.6 Å². The van der Waals surface area contributed by atoms with Gasteiger partial charge in [0.15, 0.2) is 0 Å². The number of benzene rings is 1. The zero-order valence-electron chi connectivity index (χ0n) is 10.9. The highest BCUT2D eigenvalue weighted by molar-refractivity contribution is 6.18. The third-order valence-corrected chi connectivity index (χ3v) is 3.72. The number of piperidine rings is 1. The van der Waals surface area contributed by atoms with Crippen molar-refractivity contribution in [3.63, 3.8) is 0 Å². The summed E-state index contributed by atoms with van der Waals surface area (Å²) in [7, 11) is 0. The number of nitrogens with one attached hydrogen (secondary N) is 1. The molecule has 19 heavy (non-hydrogen) atoms. The van der Waals surface area contributed by atoms with E-state index in [4.69, 9.17) is 11.6 Å². The van der Waals surface area contributed by atoms with Crippen molar-refractivity contribution in [2.45, 2.75) is 25.4 Å². The van der Waals surface area contributed by atoms with E-state index in [0.717, 1.165) is 25.9 Å². The van der Waals surface area contributed by atoms with E-state index < -0.39 is 6.10 Å². The topological polar surface area (TPSA) is 35.5 Å². The summed E-state index contributed by atoms with van der Waals surface area (Å²) in [6, 6.07) is 5.12. The van der Waals surface area contributed by atoms with E-state index in [0.29, 0.717) is 17.9 Å². The largest absolute Gasteiger partial charge is 0.390 e. The molecule has 1 fully saturated rings. The smallest absolute Gasteiger partial charge is 0.148 e. The standard InChI is InChI=1S/C14H20ClFN2O/c15-9-12(19)10-17-11-4-5-14(13(16)8-11)18-6-2-1-3-7-18/h4-5,8,12,17,19H,1-3,6-7,9-10H2. The van der Waals surface area contributed by atoms with Crippen LogP contribution in [0.5, 0.6) is 0 Å². The molecule has 1 saturated heterocycles. The number of hydrogen-bond donors (Lipinski definition) is 2. The lowest BCUT2D eigenvalue weighted by molar-refractivity contribution is 0.211. The molecular formula is C14H20ClFN2O. The Morgan fingerprint density at radius 3 is 2.68 bits per heavy atom. The second kappa shape index (κ2) is 6.96. The van der Waals surface area contributed by atoms with Crippen LogP contribution in [-0.2, 0) is 0 Å². The fourth-order valence-electron chi connectivity index (χ4n) is 2.30. The summed E-state index contributed by atoms with van der Waals surface area (Å²) in [5.41, 5.74) is 1.34. The Bertz CT molecular complexity index is 410. The summed E-state index contributed by atoms with van der Waals surface area (Å²) in [6.45, 7) is 2.18. The van der Waals surface area contributed by atoms with E-state index in [-0.39, 0.29) is 11.7 Å². The molecule has 1 aliphatic heterocycles. The molecule has 0 bridgehead atoms. The molecule has 2 rings (SSSR count). The van der Waals surface area contributed by atoms with Crippen LogP contribution in [0.15, 0.2) is 18.2 Å². The quantitative estimate of drug-likeness (QED) is 0.817. The Balaban J connectivity index is 2.00. The maximum Gasteiger partial charge on any atom is 0.148 e. The normalized spacial score (nSPS) is 17.3. The van der Waals surface area contributed by atoms with Crippen LogP contribution in [0.2, 0.25) is 0 Å². The van der Waals surface area contributed by atoms with Gasteiger partial charge in [0.05, 0.1) is 17.7 Å².